The lowest BCUT2D eigenvalue weighted by Gasteiger charge is -2.30. The summed E-state index contributed by atoms with van der Waals surface area (Å²) in [4.78, 5) is 22.0. The highest BCUT2D eigenvalue weighted by atomic mass is 32.2. The van der Waals surface area contributed by atoms with Gasteiger partial charge in [-0.2, -0.15) is 13.4 Å². The van der Waals surface area contributed by atoms with Gasteiger partial charge in [0.25, 0.3) is 10.2 Å². The van der Waals surface area contributed by atoms with Crippen molar-refractivity contribution in [2.45, 2.75) is 13.2 Å². The number of halogens is 2. The number of methoxy groups -OCH3 is 1. The van der Waals surface area contributed by atoms with Crippen molar-refractivity contribution in [3.05, 3.63) is 53.2 Å². The van der Waals surface area contributed by atoms with E-state index in [1.807, 2.05) is 0 Å². The molecule has 31 heavy (non-hydrogen) atoms. The van der Waals surface area contributed by atoms with E-state index in [-0.39, 0.29) is 12.3 Å². The molecule has 3 N–H and O–H groups in total. The molecule has 0 unspecified atom stereocenters. The van der Waals surface area contributed by atoms with Crippen LogP contribution in [-0.4, -0.2) is 31.6 Å². The van der Waals surface area contributed by atoms with E-state index in [9.17, 15) is 22.0 Å². The van der Waals surface area contributed by atoms with Crippen molar-refractivity contribution >= 4 is 38.7 Å². The fourth-order valence-electron chi connectivity index (χ4n) is 3.21. The number of pyridine rings is 2. The van der Waals surface area contributed by atoms with Gasteiger partial charge in [0, 0.05) is 28.8 Å². The summed E-state index contributed by atoms with van der Waals surface area (Å²) in [5.41, 5.74) is 0.269. The first-order valence-corrected chi connectivity index (χ1v) is 10.3. The van der Waals surface area contributed by atoms with Gasteiger partial charge in [-0.25, -0.2) is 23.7 Å². The van der Waals surface area contributed by atoms with Crippen LogP contribution in [0.15, 0.2) is 30.5 Å². The summed E-state index contributed by atoms with van der Waals surface area (Å²) in [5.74, 6) is -1.85. The van der Waals surface area contributed by atoms with Crippen LogP contribution in [0, 0.1) is 11.6 Å². The van der Waals surface area contributed by atoms with E-state index in [4.69, 9.17) is 14.6 Å². The van der Waals surface area contributed by atoms with Crippen LogP contribution in [0.1, 0.15) is 11.1 Å². The lowest BCUT2D eigenvalue weighted by Crippen LogP contribution is -2.36. The number of ether oxygens (including phenoxy) is 2. The molecule has 3 heterocycles. The first-order valence-electron chi connectivity index (χ1n) is 8.71. The van der Waals surface area contributed by atoms with Gasteiger partial charge in [-0.15, -0.1) is 0 Å². The maximum Gasteiger partial charge on any atom is 0.414 e. The molecule has 13 heteroatoms. The summed E-state index contributed by atoms with van der Waals surface area (Å²) in [6.07, 6.45) is 0.636. The molecule has 3 aromatic rings. The zero-order valence-corrected chi connectivity index (χ0v) is 16.7. The normalized spacial score (nSPS) is 13.7. The number of carbonyl (C=O) groups excluding carboxylic acids is 1. The van der Waals surface area contributed by atoms with Gasteiger partial charge < -0.3 is 9.47 Å². The second-order valence-electron chi connectivity index (χ2n) is 6.56. The SMILES string of the molecule is COc1ccc2c3c(cnc2n1)COC(=O)N3Cc1c(F)cc(NS(N)(=O)=O)cc1F. The van der Waals surface area contributed by atoms with Crippen molar-refractivity contribution in [3.63, 3.8) is 0 Å². The molecule has 0 saturated heterocycles. The molecule has 0 radical (unpaired) electrons. The molecule has 0 saturated carbocycles. The highest BCUT2D eigenvalue weighted by Crippen LogP contribution is 2.35. The summed E-state index contributed by atoms with van der Waals surface area (Å²) >= 11 is 0. The van der Waals surface area contributed by atoms with Crippen molar-refractivity contribution in [2.75, 3.05) is 16.7 Å². The third kappa shape index (κ3) is 4.04. The predicted molar refractivity (Wildman–Crippen MR) is 106 cm³/mol. The lowest BCUT2D eigenvalue weighted by molar-refractivity contribution is 0.141. The Kier molecular flexibility index (Phi) is 5.07. The van der Waals surface area contributed by atoms with Crippen molar-refractivity contribution in [2.24, 2.45) is 5.14 Å². The summed E-state index contributed by atoms with van der Waals surface area (Å²) in [6.45, 7) is -0.591. The number of anilines is 2. The number of fused-ring (bicyclic) bond motifs is 3. The number of nitrogens with zero attached hydrogens (tertiary/aromatic N) is 3. The third-order valence-corrected chi connectivity index (χ3v) is 5.04. The van der Waals surface area contributed by atoms with Crippen LogP contribution in [0.4, 0.5) is 25.0 Å². The molecule has 0 fully saturated rings. The fourth-order valence-corrected chi connectivity index (χ4v) is 3.66. The highest BCUT2D eigenvalue weighted by molar-refractivity contribution is 7.90. The van der Waals surface area contributed by atoms with E-state index in [1.165, 1.54) is 13.3 Å². The molecule has 10 nitrogen and oxygen atoms in total. The molecule has 1 aliphatic heterocycles. The fraction of sp³-hybridized carbons (Fsp3) is 0.167. The third-order valence-electron chi connectivity index (χ3n) is 4.52. The first-order chi connectivity index (χ1) is 14.7. The lowest BCUT2D eigenvalue weighted by atomic mass is 10.1. The quantitative estimate of drug-likeness (QED) is 0.607. The van der Waals surface area contributed by atoms with E-state index in [0.717, 1.165) is 17.0 Å². The Morgan fingerprint density at radius 2 is 2.00 bits per heavy atom. The van der Waals surface area contributed by atoms with Gasteiger partial charge in [-0.05, 0) is 18.2 Å². The second kappa shape index (κ2) is 7.59. The molecule has 1 aliphatic rings. The van der Waals surface area contributed by atoms with E-state index < -0.39 is 45.7 Å². The van der Waals surface area contributed by atoms with Crippen molar-refractivity contribution in [1.82, 2.24) is 9.97 Å². The number of carbonyl (C=O) groups is 1. The van der Waals surface area contributed by atoms with Crippen LogP contribution in [0.3, 0.4) is 0 Å². The zero-order valence-electron chi connectivity index (χ0n) is 15.9. The van der Waals surface area contributed by atoms with Crippen molar-refractivity contribution < 1.29 is 31.5 Å². The molecule has 0 aliphatic carbocycles. The Morgan fingerprint density at radius 1 is 1.29 bits per heavy atom. The second-order valence-corrected chi connectivity index (χ2v) is 7.86. The van der Waals surface area contributed by atoms with Crippen molar-refractivity contribution in [1.29, 1.82) is 0 Å². The summed E-state index contributed by atoms with van der Waals surface area (Å²) in [6, 6.07) is 4.72. The van der Waals surface area contributed by atoms with Gasteiger partial charge in [0.1, 0.15) is 18.2 Å². The Balaban J connectivity index is 1.78. The van der Waals surface area contributed by atoms with E-state index >= 15 is 0 Å². The Bertz CT molecular complexity index is 1300. The molecular formula is C18H15F2N5O5S. The molecule has 0 bridgehead atoms. The summed E-state index contributed by atoms with van der Waals surface area (Å²) in [5, 5.41) is 5.29. The van der Waals surface area contributed by atoms with E-state index in [0.29, 0.717) is 22.5 Å². The van der Waals surface area contributed by atoms with Crippen LogP contribution in [0.5, 0.6) is 5.88 Å². The van der Waals surface area contributed by atoms with Crippen LogP contribution in [0.2, 0.25) is 0 Å². The van der Waals surface area contributed by atoms with Crippen LogP contribution in [-0.2, 0) is 28.1 Å². The molecule has 4 rings (SSSR count). The molecule has 1 aromatic carbocycles. The Hall–Kier alpha value is -3.58. The van der Waals surface area contributed by atoms with E-state index in [1.54, 1.807) is 16.9 Å². The maximum atomic E-state index is 14.6. The minimum absolute atomic E-state index is 0.0676. The molecule has 0 spiro atoms. The van der Waals surface area contributed by atoms with Gasteiger partial charge in [0.05, 0.1) is 25.0 Å². The topological polar surface area (TPSA) is 137 Å². The van der Waals surface area contributed by atoms with Crippen molar-refractivity contribution in [3.8, 4) is 5.88 Å². The monoisotopic (exact) mass is 451 g/mol. The smallest absolute Gasteiger partial charge is 0.414 e. The number of nitrogens with one attached hydrogen (secondary N) is 1. The number of aromatic nitrogens is 2. The van der Waals surface area contributed by atoms with Gasteiger partial charge in [-0.1, -0.05) is 0 Å². The Labute approximate surface area is 174 Å². The average Bonchev–Trinajstić information content (AvgIpc) is 2.70. The molecule has 1 amide bonds. The van der Waals surface area contributed by atoms with Crippen LogP contribution >= 0.6 is 0 Å². The number of benzene rings is 1. The molecule has 162 valence electrons. The standard InChI is InChI=1S/C18H15F2N5O5S/c1-29-15-3-2-11-16-9(6-22-17(11)23-15)8-30-18(26)25(16)7-12-13(19)4-10(5-14(12)20)24-31(21,27)28/h2-6,24H,7-8H2,1H3,(H2,21,27,28). The van der Waals surface area contributed by atoms with Gasteiger partial charge in [0.2, 0.25) is 5.88 Å². The largest absolute Gasteiger partial charge is 0.481 e. The Morgan fingerprint density at radius 3 is 2.65 bits per heavy atom. The number of cyclic esters (lactones) is 1. The number of hydrogen-bond donors (Lipinski definition) is 2. The zero-order chi connectivity index (χ0) is 22.3. The predicted octanol–water partition coefficient (Wildman–Crippen LogP) is 2.19. The average molecular weight is 451 g/mol. The molecule has 2 aromatic heterocycles. The maximum absolute atomic E-state index is 14.6. The van der Waals surface area contributed by atoms with E-state index in [2.05, 4.69) is 9.97 Å². The number of nitrogens with two attached hydrogens (primary N) is 1. The van der Waals surface area contributed by atoms with Gasteiger partial charge in [-0.3, -0.25) is 9.62 Å². The molecular weight excluding hydrogens is 436 g/mol. The van der Waals surface area contributed by atoms with Gasteiger partial charge >= 0.3 is 6.09 Å². The summed E-state index contributed by atoms with van der Waals surface area (Å²) in [7, 11) is -2.78. The molecule has 0 atom stereocenters. The summed E-state index contributed by atoms with van der Waals surface area (Å²) < 4.78 is 63.4. The van der Waals surface area contributed by atoms with Gasteiger partial charge in [0.15, 0.2) is 5.65 Å². The van der Waals surface area contributed by atoms with Crippen LogP contribution in [0.25, 0.3) is 11.0 Å². The first kappa shape index (κ1) is 20.7. The number of hydrogen-bond acceptors (Lipinski definition) is 7. The minimum atomic E-state index is -4.22. The highest BCUT2D eigenvalue weighted by Gasteiger charge is 2.30. The number of rotatable bonds is 5. The minimum Gasteiger partial charge on any atom is -0.481 e. The number of amides is 1. The van der Waals surface area contributed by atoms with Crippen LogP contribution < -0.4 is 19.5 Å².